The molecule has 0 fully saturated rings. The van der Waals surface area contributed by atoms with E-state index >= 15 is 0 Å². The number of rotatable bonds is 5. The molecule has 0 bridgehead atoms. The highest BCUT2D eigenvalue weighted by Gasteiger charge is 2.28. The molecule has 1 aliphatic rings. The maximum absolute atomic E-state index is 12.2. The van der Waals surface area contributed by atoms with Crippen LogP contribution >= 0.6 is 0 Å². The van der Waals surface area contributed by atoms with E-state index in [1.165, 1.54) is 0 Å². The van der Waals surface area contributed by atoms with Crippen molar-refractivity contribution in [2.75, 3.05) is 6.61 Å². The van der Waals surface area contributed by atoms with Crippen LogP contribution in [0.4, 0.5) is 0 Å². The zero-order valence-corrected chi connectivity index (χ0v) is 12.0. The van der Waals surface area contributed by atoms with Gasteiger partial charge in [0.2, 0.25) is 6.10 Å². The van der Waals surface area contributed by atoms with E-state index in [2.05, 4.69) is 18.5 Å². The van der Waals surface area contributed by atoms with Crippen LogP contribution in [0.5, 0.6) is 11.5 Å². The highest BCUT2D eigenvalue weighted by molar-refractivity contribution is 5.82. The maximum atomic E-state index is 12.2. The largest absolute Gasteiger partial charge is 0.485 e. The van der Waals surface area contributed by atoms with Gasteiger partial charge in [0.25, 0.3) is 5.91 Å². The number of amides is 1. The SMILES string of the molecule is C=C/C=C(\C=C)[C@@H](C)NC(=O)C1COc2ccccc2O1.[HH]. The molecule has 4 nitrogen and oxygen atoms in total. The van der Waals surface area contributed by atoms with E-state index in [9.17, 15) is 4.79 Å². The van der Waals surface area contributed by atoms with E-state index < -0.39 is 6.10 Å². The topological polar surface area (TPSA) is 47.6 Å². The summed E-state index contributed by atoms with van der Waals surface area (Å²) in [5.41, 5.74) is 0.885. The number of nitrogens with one attached hydrogen (secondary N) is 1. The third-order valence-electron chi connectivity index (χ3n) is 3.21. The third-order valence-corrected chi connectivity index (χ3v) is 3.21. The van der Waals surface area contributed by atoms with Gasteiger partial charge in [-0.05, 0) is 24.6 Å². The van der Waals surface area contributed by atoms with E-state index in [0.29, 0.717) is 11.5 Å². The average molecular weight is 287 g/mol. The first-order valence-electron chi connectivity index (χ1n) is 6.79. The number of carbonyl (C=O) groups is 1. The fourth-order valence-electron chi connectivity index (χ4n) is 2.06. The molecule has 1 aromatic rings. The van der Waals surface area contributed by atoms with Gasteiger partial charge < -0.3 is 14.8 Å². The Morgan fingerprint density at radius 1 is 1.43 bits per heavy atom. The van der Waals surface area contributed by atoms with Crippen LogP contribution in [-0.4, -0.2) is 24.7 Å². The van der Waals surface area contributed by atoms with Gasteiger partial charge in [0.1, 0.15) is 6.61 Å². The second-order valence-corrected chi connectivity index (χ2v) is 4.70. The molecule has 0 saturated heterocycles. The molecule has 0 radical (unpaired) electrons. The first-order valence-corrected chi connectivity index (χ1v) is 6.79. The standard InChI is InChI=1S/C17H19NO3.H2/c1-4-8-13(5-2)12(3)18-17(19)16-11-20-14-9-6-7-10-15(14)21-16;/h4-10,12,16H,1-2,11H2,3H3,(H,18,19);1H/b13-8+;/t12-,16?;/m1./s1. The summed E-state index contributed by atoms with van der Waals surface area (Å²) in [4.78, 5) is 12.2. The maximum Gasteiger partial charge on any atom is 0.265 e. The van der Waals surface area contributed by atoms with E-state index in [0.717, 1.165) is 5.57 Å². The Labute approximate surface area is 126 Å². The van der Waals surface area contributed by atoms with Crippen LogP contribution in [0.15, 0.2) is 61.2 Å². The van der Waals surface area contributed by atoms with Crippen LogP contribution in [0.3, 0.4) is 0 Å². The number of fused-ring (bicyclic) bond motifs is 1. The van der Waals surface area contributed by atoms with Crippen molar-refractivity contribution in [3.63, 3.8) is 0 Å². The summed E-state index contributed by atoms with van der Waals surface area (Å²) in [6.07, 6.45) is 4.51. The van der Waals surface area contributed by atoms with E-state index in [-0.39, 0.29) is 20.0 Å². The number of carbonyl (C=O) groups excluding carboxylic acids is 1. The minimum atomic E-state index is -0.655. The molecule has 0 aromatic heterocycles. The fraction of sp³-hybridized carbons (Fsp3) is 0.235. The van der Waals surface area contributed by atoms with E-state index in [1.807, 2.05) is 31.2 Å². The molecule has 0 spiro atoms. The van der Waals surface area contributed by atoms with Gasteiger partial charge in [-0.2, -0.15) is 0 Å². The first-order chi connectivity index (χ1) is 10.2. The Bertz CT molecular complexity index is 583. The monoisotopic (exact) mass is 287 g/mol. The summed E-state index contributed by atoms with van der Waals surface area (Å²) in [5.74, 6) is 1.03. The lowest BCUT2D eigenvalue weighted by atomic mass is 10.1. The Kier molecular flexibility index (Phi) is 4.82. The lowest BCUT2D eigenvalue weighted by molar-refractivity contribution is -0.130. The van der Waals surface area contributed by atoms with Crippen LogP contribution in [0.2, 0.25) is 0 Å². The van der Waals surface area contributed by atoms with Gasteiger partial charge in [-0.15, -0.1) is 0 Å². The molecule has 1 amide bonds. The number of para-hydroxylation sites is 2. The van der Waals surface area contributed by atoms with Crippen molar-refractivity contribution >= 4 is 5.91 Å². The highest BCUT2D eigenvalue weighted by Crippen LogP contribution is 2.30. The van der Waals surface area contributed by atoms with Gasteiger partial charge in [-0.3, -0.25) is 4.79 Å². The first kappa shape index (κ1) is 14.9. The number of benzene rings is 1. The van der Waals surface area contributed by atoms with Crippen LogP contribution in [0.1, 0.15) is 8.35 Å². The molecule has 0 aliphatic carbocycles. The zero-order valence-electron chi connectivity index (χ0n) is 12.0. The average Bonchev–Trinajstić information content (AvgIpc) is 2.51. The fourth-order valence-corrected chi connectivity index (χ4v) is 2.06. The number of hydrogen-bond acceptors (Lipinski definition) is 3. The molecule has 1 aliphatic heterocycles. The minimum Gasteiger partial charge on any atom is -0.485 e. The third kappa shape index (κ3) is 3.54. The number of allylic oxidation sites excluding steroid dienone is 2. The summed E-state index contributed by atoms with van der Waals surface area (Å²) >= 11 is 0. The molecule has 1 unspecified atom stereocenters. The van der Waals surface area contributed by atoms with Gasteiger partial charge in [-0.25, -0.2) is 0 Å². The van der Waals surface area contributed by atoms with Gasteiger partial charge in [0, 0.05) is 1.43 Å². The molecule has 4 heteroatoms. The van der Waals surface area contributed by atoms with Crippen molar-refractivity contribution in [2.24, 2.45) is 0 Å². The van der Waals surface area contributed by atoms with Crippen LogP contribution in [0, 0.1) is 0 Å². The van der Waals surface area contributed by atoms with E-state index in [1.54, 1.807) is 18.2 Å². The molecule has 0 saturated carbocycles. The van der Waals surface area contributed by atoms with Crippen molar-refractivity contribution in [1.82, 2.24) is 5.32 Å². The van der Waals surface area contributed by atoms with E-state index in [4.69, 9.17) is 9.47 Å². The van der Waals surface area contributed by atoms with Gasteiger partial charge >= 0.3 is 0 Å². The summed E-state index contributed by atoms with van der Waals surface area (Å²) in [6.45, 7) is 9.45. The second kappa shape index (κ2) is 6.79. The molecule has 1 aromatic carbocycles. The Balaban J connectivity index is 0.00000242. The summed E-state index contributed by atoms with van der Waals surface area (Å²) < 4.78 is 11.2. The Morgan fingerprint density at radius 2 is 2.14 bits per heavy atom. The Hall–Kier alpha value is -2.49. The summed E-state index contributed by atoms with van der Waals surface area (Å²) in [6, 6.07) is 7.13. The molecule has 21 heavy (non-hydrogen) atoms. The zero-order chi connectivity index (χ0) is 15.2. The summed E-state index contributed by atoms with van der Waals surface area (Å²) in [7, 11) is 0. The Morgan fingerprint density at radius 3 is 2.81 bits per heavy atom. The predicted octanol–water partition coefficient (Wildman–Crippen LogP) is 2.88. The molecule has 1 heterocycles. The second-order valence-electron chi connectivity index (χ2n) is 4.70. The summed E-state index contributed by atoms with van der Waals surface area (Å²) in [5, 5.41) is 2.88. The number of hydrogen-bond donors (Lipinski definition) is 1. The smallest absolute Gasteiger partial charge is 0.265 e. The van der Waals surface area contributed by atoms with Gasteiger partial charge in [0.05, 0.1) is 6.04 Å². The van der Waals surface area contributed by atoms with Crippen molar-refractivity contribution < 1.29 is 15.7 Å². The van der Waals surface area contributed by atoms with Crippen LogP contribution in [0.25, 0.3) is 0 Å². The van der Waals surface area contributed by atoms with Crippen molar-refractivity contribution in [2.45, 2.75) is 19.1 Å². The predicted molar refractivity (Wildman–Crippen MR) is 84.5 cm³/mol. The molecular formula is C17H21NO3. The molecule has 112 valence electrons. The lowest BCUT2D eigenvalue weighted by Crippen LogP contribution is -2.47. The van der Waals surface area contributed by atoms with Crippen LogP contribution < -0.4 is 14.8 Å². The molecule has 1 N–H and O–H groups in total. The highest BCUT2D eigenvalue weighted by atomic mass is 16.6. The van der Waals surface area contributed by atoms with Crippen LogP contribution in [-0.2, 0) is 4.79 Å². The molecule has 2 rings (SSSR count). The van der Waals surface area contributed by atoms with Crippen molar-refractivity contribution in [1.29, 1.82) is 0 Å². The number of ether oxygens (including phenoxy) is 2. The lowest BCUT2D eigenvalue weighted by Gasteiger charge is -2.27. The van der Waals surface area contributed by atoms with Gasteiger partial charge in [0.15, 0.2) is 11.5 Å². The van der Waals surface area contributed by atoms with Gasteiger partial charge in [-0.1, -0.05) is 43.5 Å². The normalized spacial score (nSPS) is 18.5. The quantitative estimate of drug-likeness (QED) is 0.847. The van der Waals surface area contributed by atoms with Crippen molar-refractivity contribution in [3.8, 4) is 11.5 Å². The molecule has 2 atom stereocenters. The molecular weight excluding hydrogens is 266 g/mol. The minimum absolute atomic E-state index is 0. The van der Waals surface area contributed by atoms with Crippen molar-refractivity contribution in [3.05, 3.63) is 61.2 Å².